The summed E-state index contributed by atoms with van der Waals surface area (Å²) in [7, 11) is 4.32. The highest BCUT2D eigenvalue weighted by Gasteiger charge is 2.21. The third-order valence-corrected chi connectivity index (χ3v) is 6.82. The zero-order valence-electron chi connectivity index (χ0n) is 21.5. The number of carbonyl (C=O) groups is 1. The van der Waals surface area contributed by atoms with E-state index in [4.69, 9.17) is 0 Å². The van der Waals surface area contributed by atoms with Crippen LogP contribution in [0.5, 0.6) is 0 Å². The minimum atomic E-state index is -0.218. The second-order valence-corrected chi connectivity index (χ2v) is 9.74. The maximum Gasteiger partial charge on any atom is 0.257 e. The Kier molecular flexibility index (Phi) is 7.26. The van der Waals surface area contributed by atoms with E-state index in [0.29, 0.717) is 22.9 Å². The Bertz CT molecular complexity index is 1480. The molecule has 1 atom stereocenters. The number of amides is 1. The highest BCUT2D eigenvalue weighted by molar-refractivity contribution is 6.04. The summed E-state index contributed by atoms with van der Waals surface area (Å²) >= 11 is 0. The van der Waals surface area contributed by atoms with Crippen LogP contribution in [0, 0.1) is 18.8 Å². The molecule has 4 heterocycles. The monoisotopic (exact) mass is 493 g/mol. The molecule has 0 bridgehead atoms. The number of rotatable bonds is 5. The van der Waals surface area contributed by atoms with Crippen LogP contribution >= 0.6 is 0 Å². The third kappa shape index (κ3) is 5.85. The fourth-order valence-corrected chi connectivity index (χ4v) is 4.67. The first-order valence-electron chi connectivity index (χ1n) is 12.5. The smallest absolute Gasteiger partial charge is 0.257 e. The molecule has 0 unspecified atom stereocenters. The topological polar surface area (TPSA) is 78.7 Å². The number of pyridine rings is 1. The summed E-state index contributed by atoms with van der Waals surface area (Å²) < 4.78 is 1.68. The van der Waals surface area contributed by atoms with Crippen LogP contribution in [-0.4, -0.2) is 68.5 Å². The molecule has 3 aromatic heterocycles. The lowest BCUT2D eigenvalue weighted by Gasteiger charge is -2.36. The Morgan fingerprint density at radius 2 is 2.05 bits per heavy atom. The van der Waals surface area contributed by atoms with Gasteiger partial charge in [-0.25, -0.2) is 9.50 Å². The maximum atomic E-state index is 13.0. The molecular weight excluding hydrogens is 462 g/mol. The minimum Gasteiger partial charge on any atom is -0.322 e. The Morgan fingerprint density at radius 1 is 1.16 bits per heavy atom. The van der Waals surface area contributed by atoms with Crippen LogP contribution in [0.4, 0.5) is 5.69 Å². The second-order valence-electron chi connectivity index (χ2n) is 9.74. The summed E-state index contributed by atoms with van der Waals surface area (Å²) in [5.41, 5.74) is 5.72. The first-order chi connectivity index (χ1) is 18.0. The maximum absolute atomic E-state index is 13.0. The summed E-state index contributed by atoms with van der Waals surface area (Å²) in [6.07, 6.45) is 9.04. The van der Waals surface area contributed by atoms with Crippen molar-refractivity contribution in [2.24, 2.45) is 0 Å². The number of imidazole rings is 1. The van der Waals surface area contributed by atoms with E-state index in [1.807, 2.05) is 24.3 Å². The molecule has 0 radical (unpaired) electrons. The number of aromatic nitrogens is 4. The van der Waals surface area contributed by atoms with E-state index in [1.165, 1.54) is 24.0 Å². The first kappa shape index (κ1) is 24.6. The Labute approximate surface area is 217 Å². The van der Waals surface area contributed by atoms with Crippen molar-refractivity contribution in [2.75, 3.05) is 32.5 Å². The third-order valence-electron chi connectivity index (χ3n) is 6.82. The van der Waals surface area contributed by atoms with E-state index in [1.54, 1.807) is 35.4 Å². The molecule has 1 saturated heterocycles. The molecule has 8 nitrogen and oxygen atoms in total. The molecular formula is C29H31N7O. The molecule has 1 aliphatic heterocycles. The van der Waals surface area contributed by atoms with Crippen molar-refractivity contribution in [1.29, 1.82) is 0 Å². The lowest BCUT2D eigenvalue weighted by atomic mass is 10.0. The lowest BCUT2D eigenvalue weighted by Crippen LogP contribution is -2.44. The SMILES string of the molecule is Cc1cc(NC(=O)c2cncc(C#Cc3cnc4cccnn34)c2)ccc1CN1CCC[C@H](N(C)C)C1. The molecule has 1 amide bonds. The van der Waals surface area contributed by atoms with Gasteiger partial charge in [0.25, 0.3) is 5.91 Å². The van der Waals surface area contributed by atoms with Gasteiger partial charge in [-0.15, -0.1) is 0 Å². The quantitative estimate of drug-likeness (QED) is 0.428. The number of nitrogens with one attached hydrogen (secondary N) is 1. The van der Waals surface area contributed by atoms with Crippen molar-refractivity contribution in [1.82, 2.24) is 29.4 Å². The van der Waals surface area contributed by atoms with Crippen LogP contribution in [0.3, 0.4) is 0 Å². The van der Waals surface area contributed by atoms with Crippen LogP contribution in [0.25, 0.3) is 5.65 Å². The fourth-order valence-electron chi connectivity index (χ4n) is 4.67. The molecule has 37 heavy (non-hydrogen) atoms. The number of benzene rings is 1. The zero-order chi connectivity index (χ0) is 25.8. The van der Waals surface area contributed by atoms with Gasteiger partial charge in [0.05, 0.1) is 11.8 Å². The summed E-state index contributed by atoms with van der Waals surface area (Å²) in [6, 6.07) is 12.2. The van der Waals surface area contributed by atoms with Crippen molar-refractivity contribution in [2.45, 2.75) is 32.4 Å². The molecule has 1 N–H and O–H groups in total. The number of anilines is 1. The van der Waals surface area contributed by atoms with Crippen molar-refractivity contribution < 1.29 is 4.79 Å². The first-order valence-corrected chi connectivity index (χ1v) is 12.5. The van der Waals surface area contributed by atoms with Gasteiger partial charge in [-0.05, 0) is 87.8 Å². The number of aryl methyl sites for hydroxylation is 1. The Balaban J connectivity index is 1.25. The van der Waals surface area contributed by atoms with Gasteiger partial charge in [0.1, 0.15) is 5.69 Å². The minimum absolute atomic E-state index is 0.218. The Hall–Kier alpha value is -4.06. The summed E-state index contributed by atoms with van der Waals surface area (Å²) in [5.74, 6) is 5.91. The van der Waals surface area contributed by atoms with Crippen LogP contribution < -0.4 is 5.32 Å². The fraction of sp³-hybridized carbons (Fsp3) is 0.310. The number of carbonyl (C=O) groups excluding carboxylic acids is 1. The second kappa shape index (κ2) is 10.9. The normalized spacial score (nSPS) is 15.9. The van der Waals surface area contributed by atoms with Gasteiger partial charge >= 0.3 is 0 Å². The lowest BCUT2D eigenvalue weighted by molar-refractivity contribution is 0.102. The van der Waals surface area contributed by atoms with Crippen molar-refractivity contribution in [3.63, 3.8) is 0 Å². The number of fused-ring (bicyclic) bond motifs is 1. The number of hydrogen-bond acceptors (Lipinski definition) is 6. The molecule has 1 fully saturated rings. The number of likely N-dealkylation sites (tertiary alicyclic amines) is 1. The van der Waals surface area contributed by atoms with Crippen LogP contribution in [0.15, 0.2) is 61.2 Å². The number of piperidine rings is 1. The average Bonchev–Trinajstić information content (AvgIpc) is 3.32. The van der Waals surface area contributed by atoms with E-state index >= 15 is 0 Å². The van der Waals surface area contributed by atoms with Gasteiger partial charge in [-0.2, -0.15) is 5.10 Å². The molecule has 188 valence electrons. The van der Waals surface area contributed by atoms with Gasteiger partial charge in [-0.1, -0.05) is 12.0 Å². The van der Waals surface area contributed by atoms with Crippen molar-refractivity contribution in [3.8, 4) is 11.8 Å². The highest BCUT2D eigenvalue weighted by Crippen LogP contribution is 2.21. The van der Waals surface area contributed by atoms with Gasteiger partial charge in [0.2, 0.25) is 0 Å². The predicted octanol–water partition coefficient (Wildman–Crippen LogP) is 3.61. The van der Waals surface area contributed by atoms with Crippen molar-refractivity contribution in [3.05, 3.63) is 89.1 Å². The molecule has 1 aromatic carbocycles. The van der Waals surface area contributed by atoms with Crippen LogP contribution in [-0.2, 0) is 6.54 Å². The Morgan fingerprint density at radius 3 is 2.89 bits per heavy atom. The summed E-state index contributed by atoms with van der Waals surface area (Å²) in [4.78, 5) is 26.3. The molecule has 1 aliphatic rings. The number of likely N-dealkylation sites (N-methyl/N-ethyl adjacent to an activating group) is 1. The zero-order valence-corrected chi connectivity index (χ0v) is 21.5. The molecule has 0 aliphatic carbocycles. The molecule has 8 heteroatoms. The van der Waals surface area contributed by atoms with Crippen LogP contribution in [0.2, 0.25) is 0 Å². The molecule has 5 rings (SSSR count). The van der Waals surface area contributed by atoms with Gasteiger partial charge in [-0.3, -0.25) is 14.7 Å². The average molecular weight is 494 g/mol. The van der Waals surface area contributed by atoms with E-state index < -0.39 is 0 Å². The standard InChI is InChI=1S/C29H31N7O/c1-21-14-25(10-9-23(21)19-35-13-5-6-27(20-35)34(2)3)33-29(37)24-15-22(16-30-17-24)8-11-26-18-31-28-7-4-12-32-36(26)28/h4,7,9-10,12,14-18,27H,5-6,13,19-20H2,1-3H3,(H,33,37)/t27-/m0/s1. The predicted molar refractivity (Wildman–Crippen MR) is 144 cm³/mol. The van der Waals surface area contributed by atoms with E-state index in [-0.39, 0.29) is 5.91 Å². The van der Waals surface area contributed by atoms with Gasteiger partial charge < -0.3 is 10.2 Å². The van der Waals surface area contributed by atoms with Crippen molar-refractivity contribution >= 4 is 17.2 Å². The highest BCUT2D eigenvalue weighted by atomic mass is 16.1. The molecule has 0 spiro atoms. The van der Waals surface area contributed by atoms with E-state index in [0.717, 1.165) is 31.0 Å². The van der Waals surface area contributed by atoms with E-state index in [9.17, 15) is 4.79 Å². The van der Waals surface area contributed by atoms with Crippen LogP contribution in [0.1, 0.15) is 45.6 Å². The molecule has 0 saturated carbocycles. The summed E-state index contributed by atoms with van der Waals surface area (Å²) in [6.45, 7) is 5.25. The number of nitrogens with zero attached hydrogens (tertiary/aromatic N) is 6. The van der Waals surface area contributed by atoms with Gasteiger partial charge in [0, 0.05) is 49.0 Å². The summed E-state index contributed by atoms with van der Waals surface area (Å²) in [5, 5.41) is 7.27. The molecule has 4 aromatic rings. The number of hydrogen-bond donors (Lipinski definition) is 1. The van der Waals surface area contributed by atoms with Gasteiger partial charge in [0.15, 0.2) is 5.65 Å². The van der Waals surface area contributed by atoms with E-state index in [2.05, 4.69) is 69.1 Å². The largest absolute Gasteiger partial charge is 0.322 e.